The van der Waals surface area contributed by atoms with Crippen LogP contribution in [0.1, 0.15) is 16.8 Å². The molecule has 5 heteroatoms. The zero-order chi connectivity index (χ0) is 22.2. The van der Waals surface area contributed by atoms with Crippen molar-refractivity contribution < 1.29 is 9.53 Å². The van der Waals surface area contributed by atoms with Gasteiger partial charge in [-0.05, 0) is 60.5 Å². The maximum Gasteiger partial charge on any atom is 0.251 e. The molecule has 166 valence electrons. The molecule has 1 aliphatic rings. The Bertz CT molecular complexity index is 980. The Morgan fingerprint density at radius 1 is 0.844 bits per heavy atom. The quantitative estimate of drug-likeness (QED) is 0.542. The van der Waals surface area contributed by atoms with E-state index in [-0.39, 0.29) is 5.91 Å². The van der Waals surface area contributed by atoms with Gasteiger partial charge in [-0.1, -0.05) is 42.5 Å². The summed E-state index contributed by atoms with van der Waals surface area (Å²) in [6, 6.07) is 26.3. The first-order valence-corrected chi connectivity index (χ1v) is 11.3. The molecule has 0 unspecified atom stereocenters. The second-order valence-corrected chi connectivity index (χ2v) is 8.08. The highest BCUT2D eigenvalue weighted by atomic mass is 16.5. The molecule has 32 heavy (non-hydrogen) atoms. The fraction of sp³-hybridized carbons (Fsp3) is 0.296. The number of benzene rings is 3. The van der Waals surface area contributed by atoms with Crippen molar-refractivity contribution in [3.05, 3.63) is 84.4 Å². The summed E-state index contributed by atoms with van der Waals surface area (Å²) in [5, 5.41) is 3.06. The SMILES string of the molecule is COc1ccc(N2CCN(CCCNC(=O)c3ccc(-c4ccccc4)cc3)CC2)cc1. The van der Waals surface area contributed by atoms with Gasteiger partial charge < -0.3 is 15.0 Å². The predicted octanol–water partition coefficient (Wildman–Crippen LogP) is 4.30. The van der Waals surface area contributed by atoms with Crippen molar-refractivity contribution in [1.82, 2.24) is 10.2 Å². The van der Waals surface area contributed by atoms with Crippen molar-refractivity contribution in [1.29, 1.82) is 0 Å². The number of ether oxygens (including phenoxy) is 1. The fourth-order valence-corrected chi connectivity index (χ4v) is 4.07. The Hall–Kier alpha value is -3.31. The molecule has 0 bridgehead atoms. The van der Waals surface area contributed by atoms with Crippen molar-refractivity contribution in [3.63, 3.8) is 0 Å². The Kier molecular flexibility index (Phi) is 7.41. The third kappa shape index (κ3) is 5.68. The summed E-state index contributed by atoms with van der Waals surface area (Å²) >= 11 is 0. The average Bonchev–Trinajstić information content (AvgIpc) is 2.87. The van der Waals surface area contributed by atoms with Gasteiger partial charge in [0.15, 0.2) is 0 Å². The van der Waals surface area contributed by atoms with Crippen molar-refractivity contribution in [3.8, 4) is 16.9 Å². The molecule has 3 aromatic rings. The van der Waals surface area contributed by atoms with Gasteiger partial charge in [-0.15, -0.1) is 0 Å². The lowest BCUT2D eigenvalue weighted by atomic mass is 10.0. The molecule has 0 saturated carbocycles. The summed E-state index contributed by atoms with van der Waals surface area (Å²) in [5.74, 6) is 0.885. The molecule has 0 atom stereocenters. The molecule has 1 heterocycles. The van der Waals surface area contributed by atoms with Crippen LogP contribution in [0.4, 0.5) is 5.69 Å². The summed E-state index contributed by atoms with van der Waals surface area (Å²) in [4.78, 5) is 17.3. The molecule has 1 aliphatic heterocycles. The normalized spacial score (nSPS) is 14.2. The summed E-state index contributed by atoms with van der Waals surface area (Å²) < 4.78 is 5.24. The first kappa shape index (κ1) is 21.9. The summed E-state index contributed by atoms with van der Waals surface area (Å²) in [7, 11) is 1.69. The standard InChI is InChI=1S/C27H31N3O2/c1-32-26-14-12-25(13-15-26)30-20-18-29(19-21-30)17-5-16-28-27(31)24-10-8-23(9-11-24)22-6-3-2-4-7-22/h2-4,6-15H,5,16-21H2,1H3,(H,28,31). The molecule has 1 saturated heterocycles. The largest absolute Gasteiger partial charge is 0.497 e. The van der Waals surface area contributed by atoms with Crippen LogP contribution in [0.25, 0.3) is 11.1 Å². The van der Waals surface area contributed by atoms with Crippen LogP contribution in [0.5, 0.6) is 5.75 Å². The highest BCUT2D eigenvalue weighted by Gasteiger charge is 2.17. The number of hydrogen-bond acceptors (Lipinski definition) is 4. The molecular formula is C27H31N3O2. The van der Waals surface area contributed by atoms with Gasteiger partial charge in [-0.2, -0.15) is 0 Å². The third-order valence-electron chi connectivity index (χ3n) is 6.00. The van der Waals surface area contributed by atoms with Gasteiger partial charge in [-0.3, -0.25) is 9.69 Å². The number of amides is 1. The first-order valence-electron chi connectivity index (χ1n) is 11.3. The molecule has 0 aromatic heterocycles. The van der Waals surface area contributed by atoms with Gasteiger partial charge >= 0.3 is 0 Å². The Morgan fingerprint density at radius 2 is 1.50 bits per heavy atom. The van der Waals surface area contributed by atoms with Gasteiger partial charge in [0.2, 0.25) is 0 Å². The number of rotatable bonds is 8. The summed E-state index contributed by atoms with van der Waals surface area (Å²) in [6.45, 7) is 5.82. The van der Waals surface area contributed by atoms with Crippen molar-refractivity contribution >= 4 is 11.6 Å². The lowest BCUT2D eigenvalue weighted by Crippen LogP contribution is -2.47. The zero-order valence-electron chi connectivity index (χ0n) is 18.7. The molecule has 0 aliphatic carbocycles. The second-order valence-electron chi connectivity index (χ2n) is 8.08. The molecule has 0 spiro atoms. The van der Waals surface area contributed by atoms with Crippen LogP contribution < -0.4 is 15.0 Å². The highest BCUT2D eigenvalue weighted by Crippen LogP contribution is 2.21. The van der Waals surface area contributed by atoms with Crippen LogP contribution in [0.3, 0.4) is 0 Å². The number of anilines is 1. The third-order valence-corrected chi connectivity index (χ3v) is 6.00. The molecule has 0 radical (unpaired) electrons. The first-order chi connectivity index (χ1) is 15.7. The topological polar surface area (TPSA) is 44.8 Å². The van der Waals surface area contributed by atoms with Crippen LogP contribution in [0.2, 0.25) is 0 Å². The number of piperazine rings is 1. The van der Waals surface area contributed by atoms with E-state index in [2.05, 4.69) is 39.4 Å². The van der Waals surface area contributed by atoms with E-state index in [1.54, 1.807) is 7.11 Å². The van der Waals surface area contributed by atoms with E-state index in [1.165, 1.54) is 5.69 Å². The maximum atomic E-state index is 12.4. The number of carbonyl (C=O) groups excluding carboxylic acids is 1. The Morgan fingerprint density at radius 3 is 2.16 bits per heavy atom. The van der Waals surface area contributed by atoms with Crippen LogP contribution >= 0.6 is 0 Å². The molecule has 1 fully saturated rings. The predicted molar refractivity (Wildman–Crippen MR) is 130 cm³/mol. The number of hydrogen-bond donors (Lipinski definition) is 1. The van der Waals surface area contributed by atoms with E-state index in [0.717, 1.165) is 56.0 Å². The number of nitrogens with zero attached hydrogens (tertiary/aromatic N) is 2. The van der Waals surface area contributed by atoms with Gasteiger partial charge in [0, 0.05) is 44.0 Å². The van der Waals surface area contributed by atoms with E-state index in [4.69, 9.17) is 4.74 Å². The molecule has 3 aromatic carbocycles. The van der Waals surface area contributed by atoms with E-state index >= 15 is 0 Å². The van der Waals surface area contributed by atoms with E-state index in [1.807, 2.05) is 54.6 Å². The van der Waals surface area contributed by atoms with Gasteiger partial charge in [0.25, 0.3) is 5.91 Å². The van der Waals surface area contributed by atoms with Crippen LogP contribution in [-0.2, 0) is 0 Å². The number of carbonyl (C=O) groups is 1. The van der Waals surface area contributed by atoms with Crippen molar-refractivity contribution in [2.75, 3.05) is 51.3 Å². The second kappa shape index (κ2) is 10.8. The fourth-order valence-electron chi connectivity index (χ4n) is 4.07. The highest BCUT2D eigenvalue weighted by molar-refractivity contribution is 5.94. The van der Waals surface area contributed by atoms with Crippen LogP contribution in [-0.4, -0.2) is 57.2 Å². The maximum absolute atomic E-state index is 12.4. The minimum atomic E-state index is -0.00561. The number of nitrogens with one attached hydrogen (secondary N) is 1. The van der Waals surface area contributed by atoms with E-state index < -0.39 is 0 Å². The van der Waals surface area contributed by atoms with Gasteiger partial charge in [-0.25, -0.2) is 0 Å². The Labute approximate surface area is 190 Å². The molecule has 4 rings (SSSR count). The molecule has 1 amide bonds. The number of methoxy groups -OCH3 is 1. The van der Waals surface area contributed by atoms with Crippen LogP contribution in [0, 0.1) is 0 Å². The van der Waals surface area contributed by atoms with Crippen LogP contribution in [0.15, 0.2) is 78.9 Å². The lowest BCUT2D eigenvalue weighted by molar-refractivity contribution is 0.0951. The monoisotopic (exact) mass is 429 g/mol. The lowest BCUT2D eigenvalue weighted by Gasteiger charge is -2.36. The average molecular weight is 430 g/mol. The minimum absolute atomic E-state index is 0.00561. The van der Waals surface area contributed by atoms with E-state index in [0.29, 0.717) is 12.1 Å². The van der Waals surface area contributed by atoms with E-state index in [9.17, 15) is 4.79 Å². The minimum Gasteiger partial charge on any atom is -0.497 e. The molecule has 5 nitrogen and oxygen atoms in total. The molecular weight excluding hydrogens is 398 g/mol. The summed E-state index contributed by atoms with van der Waals surface area (Å²) in [5.41, 5.74) is 4.23. The van der Waals surface area contributed by atoms with Crippen molar-refractivity contribution in [2.24, 2.45) is 0 Å². The molecule has 1 N–H and O–H groups in total. The summed E-state index contributed by atoms with van der Waals surface area (Å²) in [6.07, 6.45) is 0.955. The van der Waals surface area contributed by atoms with Crippen molar-refractivity contribution in [2.45, 2.75) is 6.42 Å². The van der Waals surface area contributed by atoms with Gasteiger partial charge in [0.1, 0.15) is 5.75 Å². The Balaban J connectivity index is 1.16. The zero-order valence-corrected chi connectivity index (χ0v) is 18.7. The smallest absolute Gasteiger partial charge is 0.251 e. The van der Waals surface area contributed by atoms with Gasteiger partial charge in [0.05, 0.1) is 7.11 Å².